The van der Waals surface area contributed by atoms with Crippen LogP contribution in [0.5, 0.6) is 0 Å². The van der Waals surface area contributed by atoms with Crippen LogP contribution in [0.2, 0.25) is 0 Å². The van der Waals surface area contributed by atoms with E-state index in [9.17, 15) is 0 Å². The van der Waals surface area contributed by atoms with Crippen LogP contribution in [-0.2, 0) is 0 Å². The van der Waals surface area contributed by atoms with E-state index in [0.29, 0.717) is 0 Å². The highest BCUT2D eigenvalue weighted by atomic mass is 33.2. The lowest BCUT2D eigenvalue weighted by Crippen LogP contribution is -1.91. The van der Waals surface area contributed by atoms with Gasteiger partial charge in [-0.3, -0.25) is 0 Å². The predicted octanol–water partition coefficient (Wildman–Crippen LogP) is 15.1. The molecule has 0 bridgehead atoms. The normalized spacial score (nSPS) is 16.1. The molecule has 0 aromatic rings. The quantitative estimate of drug-likeness (QED) is 0.171. The van der Waals surface area contributed by atoms with Gasteiger partial charge < -0.3 is 0 Å². The van der Waals surface area contributed by atoms with Gasteiger partial charge in [0, 0.05) is 5.14 Å². The first-order valence-corrected chi connectivity index (χ1v) is 53.4. The Morgan fingerprint density at radius 2 is 0.607 bits per heavy atom. The summed E-state index contributed by atoms with van der Waals surface area (Å²) in [7, 11) is 48.7. The maximum absolute atomic E-state index is 3.41. The van der Waals surface area contributed by atoms with Gasteiger partial charge in [0.2, 0.25) is 0 Å². The van der Waals surface area contributed by atoms with Gasteiger partial charge in [0.05, 0.1) is 0 Å². The molecule has 28 heavy (non-hydrogen) atoms. The van der Waals surface area contributed by atoms with Crippen LogP contribution in [0.15, 0.2) is 0 Å². The molecule has 0 aliphatic heterocycles. The smallest absolute Gasteiger partial charge is 0.0463 e. The summed E-state index contributed by atoms with van der Waals surface area (Å²) in [5.41, 5.74) is 0. The lowest BCUT2D eigenvalue weighted by molar-refractivity contribution is 2.05. The number of hydrogen-bond acceptors (Lipinski definition) is 0. The monoisotopic (exact) mass is 880 g/mol. The molecule has 0 nitrogen and oxygen atoms in total. The van der Waals surface area contributed by atoms with Gasteiger partial charge in [0.1, 0.15) is 0 Å². The molecule has 17 atom stereocenters. The molecule has 27 heteroatoms. The van der Waals surface area contributed by atoms with Gasteiger partial charge in [-0.15, -0.1) is 134 Å². The molecule has 0 heterocycles. The summed E-state index contributed by atoms with van der Waals surface area (Å²) in [5.74, 6) is 0. The van der Waals surface area contributed by atoms with Crippen molar-refractivity contribution in [2.75, 3.05) is 0 Å². The molecule has 0 N–H and O–H groups in total. The third-order valence-corrected chi connectivity index (χ3v) is 137. The van der Waals surface area contributed by atoms with Gasteiger partial charge in [-0.1, -0.05) is 0 Å². The van der Waals surface area contributed by atoms with Crippen molar-refractivity contribution in [2.24, 2.45) is 0 Å². The Morgan fingerprint density at radius 3 is 0.786 bits per heavy atom. The summed E-state index contributed by atoms with van der Waals surface area (Å²) in [6.07, 6.45) is 0. The fourth-order valence-electron chi connectivity index (χ4n) is 1.71. The lowest BCUT2D eigenvalue weighted by atomic mass is 11.9. The summed E-state index contributed by atoms with van der Waals surface area (Å²) < 4.78 is 0. The minimum Gasteiger partial charge on any atom is -0.102 e. The first-order chi connectivity index (χ1) is 12.7. The summed E-state index contributed by atoms with van der Waals surface area (Å²) in [6, 6.07) is 0. The van der Waals surface area contributed by atoms with Gasteiger partial charge >= 0.3 is 0 Å². The van der Waals surface area contributed by atoms with Crippen LogP contribution < -0.4 is 0 Å². The van der Waals surface area contributed by atoms with Gasteiger partial charge in [-0.05, 0) is 84.8 Å². The van der Waals surface area contributed by atoms with Crippen LogP contribution in [0.25, 0.3) is 0 Å². The first kappa shape index (κ1) is 39.6. The summed E-state index contributed by atoms with van der Waals surface area (Å²) in [5, 5.41) is 0.947. The van der Waals surface area contributed by atoms with E-state index < -0.39 is 0 Å². The maximum Gasteiger partial charge on any atom is 0.0463 e. The highest BCUT2D eigenvalue weighted by Gasteiger charge is 2.48. The van der Waals surface area contributed by atoms with Crippen LogP contribution in [-0.4, -0.2) is 5.14 Å². The zero-order valence-corrected chi connectivity index (χ0v) is 42.7. The molecular weight excluding hydrogens is 848 g/mol. The van der Waals surface area contributed by atoms with E-state index in [1.807, 2.05) is 0 Å². The molecule has 170 valence electrons. The third-order valence-electron chi connectivity index (χ3n) is 2.61. The Labute approximate surface area is 221 Å². The van der Waals surface area contributed by atoms with Gasteiger partial charge in [-0.2, -0.15) is 0 Å². The van der Waals surface area contributed by atoms with Gasteiger partial charge in [0.25, 0.3) is 0 Å². The minimum absolute atomic E-state index is 0.00584. The van der Waals surface area contributed by atoms with Crippen molar-refractivity contribution in [2.45, 2.75) is 5.14 Å². The van der Waals surface area contributed by atoms with E-state index in [0.717, 1.165) is 5.14 Å². The molecule has 0 amide bonds. The van der Waals surface area contributed by atoms with Crippen molar-refractivity contribution >= 4 is 219 Å². The van der Waals surface area contributed by atoms with Crippen molar-refractivity contribution in [1.82, 2.24) is 0 Å². The molecule has 0 fully saturated rings. The van der Waals surface area contributed by atoms with E-state index in [4.69, 9.17) is 0 Å². The molecule has 0 radical (unpaired) electrons. The zero-order chi connectivity index (χ0) is 22.5. The first-order valence-electron chi connectivity index (χ1n) is 6.45. The fourth-order valence-corrected chi connectivity index (χ4v) is 232. The van der Waals surface area contributed by atoms with Gasteiger partial charge in [0.15, 0.2) is 0 Å². The molecule has 0 aromatic heterocycles. The predicted molar refractivity (Wildman–Crippen MR) is 232 cm³/mol. The maximum atomic E-state index is 3.41. The summed E-state index contributed by atoms with van der Waals surface area (Å²) >= 11 is 0. The van der Waals surface area contributed by atoms with E-state index in [2.05, 4.69) is 134 Å². The number of hydrogen-bond donors (Lipinski definition) is 0. The van der Waals surface area contributed by atoms with E-state index in [1.165, 1.54) is 0 Å². The SMILES string of the molecule is PP(P)P(P)P(C(P(P(P)P)P(P)P)P(P(P)P)P(P)P)P(P(P)P)P(P)P. The summed E-state index contributed by atoms with van der Waals surface area (Å²) in [4.78, 5) is 0. The van der Waals surface area contributed by atoms with Crippen LogP contribution in [0.3, 0.4) is 0 Å². The Bertz CT molecular complexity index is 360. The van der Waals surface area contributed by atoms with Crippen molar-refractivity contribution in [1.29, 1.82) is 0 Å². The lowest BCUT2D eigenvalue weighted by Gasteiger charge is -2.51. The molecule has 0 saturated heterocycles. The minimum atomic E-state index is -0.0709. The Hall–Kier alpha value is 11.6. The average Bonchev–Trinajstić information content (AvgIpc) is 2.48. The topological polar surface area (TPSA) is 0 Å². The summed E-state index contributed by atoms with van der Waals surface area (Å²) in [6.45, 7) is -0.455. The molecule has 17 unspecified atom stereocenters. The van der Waals surface area contributed by atoms with Crippen LogP contribution >= 0.6 is 219 Å². The van der Waals surface area contributed by atoms with Crippen molar-refractivity contribution in [3.8, 4) is 0 Å². The molecule has 0 spiro atoms. The van der Waals surface area contributed by atoms with Crippen LogP contribution in [0.1, 0.15) is 0 Å². The Morgan fingerprint density at radius 1 is 0.321 bits per heavy atom. The van der Waals surface area contributed by atoms with Crippen LogP contribution in [0.4, 0.5) is 0 Å². The second-order valence-corrected chi connectivity index (χ2v) is 104. The van der Waals surface area contributed by atoms with Crippen molar-refractivity contribution in [3.05, 3.63) is 0 Å². The molecular formula is CH31P27. The number of rotatable bonds is 12. The van der Waals surface area contributed by atoms with E-state index in [-0.39, 0.29) is 84.8 Å². The van der Waals surface area contributed by atoms with Crippen LogP contribution in [0, 0.1) is 0 Å². The molecule has 0 aliphatic carbocycles. The largest absolute Gasteiger partial charge is 0.102 e. The standard InChI is InChI=1S/CH31P27/c2-20(3)17(21(4)5)1(18(22(6)7)23(8)9)19(27(16)24(10)11)28(25(12)13)26(14)15/h1H,2-16H2. The highest BCUT2D eigenvalue weighted by Crippen LogP contribution is 3.25. The second kappa shape index (κ2) is 21.3. The molecule has 0 rings (SSSR count). The zero-order valence-electron chi connectivity index (χ0n) is 14.6. The second-order valence-electron chi connectivity index (χ2n) is 4.56. The van der Waals surface area contributed by atoms with Crippen molar-refractivity contribution in [3.63, 3.8) is 0 Å². The van der Waals surface area contributed by atoms with Crippen molar-refractivity contribution < 1.29 is 0 Å². The molecule has 0 aromatic carbocycles. The average molecular weight is 880 g/mol. The van der Waals surface area contributed by atoms with Gasteiger partial charge in [-0.25, -0.2) is 0 Å². The molecule has 0 aliphatic rings. The highest BCUT2D eigenvalue weighted by molar-refractivity contribution is 9.22. The third kappa shape index (κ3) is 14.2. The van der Waals surface area contributed by atoms with E-state index in [1.54, 1.807) is 0 Å². The van der Waals surface area contributed by atoms with E-state index >= 15 is 0 Å². The Balaban J connectivity index is 6.81. The molecule has 0 saturated carbocycles. The fraction of sp³-hybridized carbons (Fsp3) is 1.00. The Kier molecular flexibility index (Phi) is 30.2.